The maximum atomic E-state index is 5.80. The second kappa shape index (κ2) is 7.22. The maximum Gasteiger partial charge on any atom is 0.109 e. The molecule has 18 heavy (non-hydrogen) atoms. The molecule has 0 spiro atoms. The van der Waals surface area contributed by atoms with Crippen molar-refractivity contribution in [2.75, 3.05) is 6.61 Å². The predicted molar refractivity (Wildman–Crippen MR) is 76.0 cm³/mol. The molecule has 0 bridgehead atoms. The molecule has 0 radical (unpaired) electrons. The Morgan fingerprint density at radius 1 is 1.56 bits per heavy atom. The van der Waals surface area contributed by atoms with Gasteiger partial charge in [-0.1, -0.05) is 20.3 Å². The molecule has 1 aromatic rings. The van der Waals surface area contributed by atoms with Crippen molar-refractivity contribution < 1.29 is 4.74 Å². The lowest BCUT2D eigenvalue weighted by Gasteiger charge is -2.32. The molecule has 0 aliphatic carbocycles. The van der Waals surface area contributed by atoms with Gasteiger partial charge in [0.2, 0.25) is 0 Å². The Hall–Kier alpha value is -0.450. The van der Waals surface area contributed by atoms with Gasteiger partial charge in [0.25, 0.3) is 0 Å². The molecule has 1 aliphatic heterocycles. The summed E-state index contributed by atoms with van der Waals surface area (Å²) >= 11 is 1.75. The fourth-order valence-electron chi connectivity index (χ4n) is 2.61. The first kappa shape index (κ1) is 14.0. The van der Waals surface area contributed by atoms with Gasteiger partial charge in [0.15, 0.2) is 0 Å². The molecule has 3 unspecified atom stereocenters. The molecule has 1 saturated heterocycles. The minimum atomic E-state index is 0.412. The van der Waals surface area contributed by atoms with Crippen molar-refractivity contribution in [3.8, 4) is 0 Å². The number of aromatic nitrogens is 1. The van der Waals surface area contributed by atoms with Crippen LogP contribution in [0.1, 0.15) is 57.0 Å². The van der Waals surface area contributed by atoms with Crippen LogP contribution in [0.15, 0.2) is 11.6 Å². The topological polar surface area (TPSA) is 34.2 Å². The zero-order chi connectivity index (χ0) is 12.8. The monoisotopic (exact) mass is 268 g/mol. The summed E-state index contributed by atoms with van der Waals surface area (Å²) in [6.07, 6.45) is 8.12. The summed E-state index contributed by atoms with van der Waals surface area (Å²) in [5, 5.41) is 7.04. The Balaban J connectivity index is 1.87. The third-order valence-corrected chi connectivity index (χ3v) is 4.46. The minimum absolute atomic E-state index is 0.412. The summed E-state index contributed by atoms with van der Waals surface area (Å²) in [6, 6.07) is 1.000. The van der Waals surface area contributed by atoms with Gasteiger partial charge in [-0.15, -0.1) is 11.3 Å². The van der Waals surface area contributed by atoms with Crippen molar-refractivity contribution in [2.24, 2.45) is 0 Å². The van der Waals surface area contributed by atoms with E-state index in [1.807, 2.05) is 6.20 Å². The van der Waals surface area contributed by atoms with Gasteiger partial charge in [0.1, 0.15) is 5.01 Å². The van der Waals surface area contributed by atoms with Crippen LogP contribution >= 0.6 is 11.3 Å². The molecule has 3 atom stereocenters. The largest absolute Gasteiger partial charge is 0.378 e. The first-order valence-corrected chi connectivity index (χ1v) is 7.98. The molecule has 2 heterocycles. The summed E-state index contributed by atoms with van der Waals surface area (Å²) in [7, 11) is 0. The van der Waals surface area contributed by atoms with E-state index < -0.39 is 0 Å². The number of nitrogens with one attached hydrogen (secondary N) is 1. The standard InChI is InChI=1S/C14H24N2OS/c1-3-5-12-10-11(6-8-17-12)16-13(4-2)14-15-7-9-18-14/h7,9,11-13,16H,3-6,8,10H2,1-2H3. The first-order valence-electron chi connectivity index (χ1n) is 7.10. The maximum absolute atomic E-state index is 5.80. The van der Waals surface area contributed by atoms with Crippen LogP contribution in [-0.4, -0.2) is 23.7 Å². The third-order valence-electron chi connectivity index (χ3n) is 3.57. The second-order valence-electron chi connectivity index (χ2n) is 5.00. The minimum Gasteiger partial charge on any atom is -0.378 e. The zero-order valence-electron chi connectivity index (χ0n) is 11.4. The van der Waals surface area contributed by atoms with Crippen LogP contribution in [-0.2, 0) is 4.74 Å². The van der Waals surface area contributed by atoms with Crippen molar-refractivity contribution >= 4 is 11.3 Å². The van der Waals surface area contributed by atoms with Gasteiger partial charge in [0, 0.05) is 24.2 Å². The van der Waals surface area contributed by atoms with Gasteiger partial charge < -0.3 is 10.1 Å². The van der Waals surface area contributed by atoms with Crippen molar-refractivity contribution in [3.63, 3.8) is 0 Å². The molecule has 102 valence electrons. The Morgan fingerprint density at radius 2 is 2.44 bits per heavy atom. The lowest BCUT2D eigenvalue weighted by molar-refractivity contribution is -0.00516. The van der Waals surface area contributed by atoms with E-state index in [9.17, 15) is 0 Å². The SMILES string of the molecule is CCCC1CC(NC(CC)c2nccs2)CCO1. The van der Waals surface area contributed by atoms with Crippen molar-refractivity contribution in [3.05, 3.63) is 16.6 Å². The van der Waals surface area contributed by atoms with Crippen LogP contribution in [0.25, 0.3) is 0 Å². The third kappa shape index (κ3) is 3.77. The van der Waals surface area contributed by atoms with E-state index in [4.69, 9.17) is 4.74 Å². The lowest BCUT2D eigenvalue weighted by atomic mass is 9.99. The van der Waals surface area contributed by atoms with E-state index in [-0.39, 0.29) is 0 Å². The summed E-state index contributed by atoms with van der Waals surface area (Å²) < 4.78 is 5.80. The number of thiazole rings is 1. The Labute approximate surface area is 114 Å². The molecular formula is C14H24N2OS. The molecular weight excluding hydrogens is 244 g/mol. The molecule has 0 aromatic carbocycles. The molecule has 3 nitrogen and oxygen atoms in total. The highest BCUT2D eigenvalue weighted by Gasteiger charge is 2.24. The van der Waals surface area contributed by atoms with E-state index in [1.165, 1.54) is 17.8 Å². The van der Waals surface area contributed by atoms with Crippen molar-refractivity contribution in [2.45, 2.75) is 64.1 Å². The van der Waals surface area contributed by atoms with E-state index >= 15 is 0 Å². The molecule has 0 saturated carbocycles. The van der Waals surface area contributed by atoms with Crippen LogP contribution in [0.2, 0.25) is 0 Å². The fraction of sp³-hybridized carbons (Fsp3) is 0.786. The number of ether oxygens (including phenoxy) is 1. The van der Waals surface area contributed by atoms with Gasteiger partial charge in [-0.3, -0.25) is 0 Å². The molecule has 4 heteroatoms. The van der Waals surface area contributed by atoms with Crippen molar-refractivity contribution in [1.29, 1.82) is 0 Å². The van der Waals surface area contributed by atoms with Crippen LogP contribution in [0, 0.1) is 0 Å². The normalized spacial score (nSPS) is 26.1. The second-order valence-corrected chi connectivity index (χ2v) is 5.93. The highest BCUT2D eigenvalue weighted by molar-refractivity contribution is 7.09. The lowest BCUT2D eigenvalue weighted by Crippen LogP contribution is -2.40. The molecule has 1 aromatic heterocycles. The number of hydrogen-bond donors (Lipinski definition) is 1. The quantitative estimate of drug-likeness (QED) is 0.857. The number of hydrogen-bond acceptors (Lipinski definition) is 4. The number of nitrogens with zero attached hydrogens (tertiary/aromatic N) is 1. The van der Waals surface area contributed by atoms with Gasteiger partial charge in [0.05, 0.1) is 12.1 Å². The summed E-state index contributed by atoms with van der Waals surface area (Å²) in [6.45, 7) is 5.35. The molecule has 2 rings (SSSR count). The van der Waals surface area contributed by atoms with Crippen molar-refractivity contribution in [1.82, 2.24) is 10.3 Å². The summed E-state index contributed by atoms with van der Waals surface area (Å²) in [5.74, 6) is 0. The number of rotatable bonds is 6. The Bertz CT molecular complexity index is 327. The van der Waals surface area contributed by atoms with E-state index in [0.29, 0.717) is 18.2 Å². The van der Waals surface area contributed by atoms with Crippen LogP contribution in [0.5, 0.6) is 0 Å². The highest BCUT2D eigenvalue weighted by atomic mass is 32.1. The van der Waals surface area contributed by atoms with Gasteiger partial charge >= 0.3 is 0 Å². The zero-order valence-corrected chi connectivity index (χ0v) is 12.2. The Morgan fingerprint density at radius 3 is 3.11 bits per heavy atom. The van der Waals surface area contributed by atoms with E-state index in [0.717, 1.165) is 25.9 Å². The molecule has 1 fully saturated rings. The predicted octanol–water partition coefficient (Wildman–Crippen LogP) is 3.53. The smallest absolute Gasteiger partial charge is 0.109 e. The fourth-order valence-corrected chi connectivity index (χ4v) is 3.39. The molecule has 0 amide bonds. The van der Waals surface area contributed by atoms with Gasteiger partial charge in [-0.05, 0) is 25.7 Å². The summed E-state index contributed by atoms with van der Waals surface area (Å²) in [4.78, 5) is 4.43. The van der Waals surface area contributed by atoms with E-state index in [1.54, 1.807) is 11.3 Å². The van der Waals surface area contributed by atoms with Crippen LogP contribution in [0.4, 0.5) is 0 Å². The van der Waals surface area contributed by atoms with Gasteiger partial charge in [-0.25, -0.2) is 4.98 Å². The van der Waals surface area contributed by atoms with E-state index in [2.05, 4.69) is 29.5 Å². The van der Waals surface area contributed by atoms with Crippen LogP contribution in [0.3, 0.4) is 0 Å². The molecule has 1 aliphatic rings. The molecule has 1 N–H and O–H groups in total. The highest BCUT2D eigenvalue weighted by Crippen LogP contribution is 2.24. The van der Waals surface area contributed by atoms with Gasteiger partial charge in [-0.2, -0.15) is 0 Å². The summed E-state index contributed by atoms with van der Waals surface area (Å²) in [5.41, 5.74) is 0. The average molecular weight is 268 g/mol. The van der Waals surface area contributed by atoms with Crippen LogP contribution < -0.4 is 5.32 Å². The average Bonchev–Trinajstić information content (AvgIpc) is 2.90. The Kier molecular flexibility index (Phi) is 5.60. The first-order chi connectivity index (χ1) is 8.83.